The molecule has 0 saturated heterocycles. The normalized spacial score (nSPS) is 12.9. The number of unbranched alkanes of at least 4 members (excludes halogenated alkanes) is 2. The van der Waals surface area contributed by atoms with Gasteiger partial charge in [0.2, 0.25) is 0 Å². The molecule has 0 heterocycles. The number of hydrogen-bond acceptors (Lipinski definition) is 1. The molecule has 4 heteroatoms. The van der Waals surface area contributed by atoms with Crippen molar-refractivity contribution in [1.29, 1.82) is 0 Å². The molecule has 0 spiro atoms. The Labute approximate surface area is 135 Å². The summed E-state index contributed by atoms with van der Waals surface area (Å²) in [5.74, 6) is 0.461. The Bertz CT molecular complexity index is 576. The van der Waals surface area contributed by atoms with Gasteiger partial charge in [-0.2, -0.15) is 13.2 Å². The summed E-state index contributed by atoms with van der Waals surface area (Å²) in [5, 5.41) is 0. The summed E-state index contributed by atoms with van der Waals surface area (Å²) in [6.45, 7) is 2.13. The van der Waals surface area contributed by atoms with E-state index in [1.165, 1.54) is 12.1 Å². The number of ether oxygens (including phenoxy) is 1. The highest BCUT2D eigenvalue weighted by atomic mass is 19.4. The van der Waals surface area contributed by atoms with Crippen LogP contribution in [0.4, 0.5) is 13.2 Å². The van der Waals surface area contributed by atoms with Gasteiger partial charge in [0.05, 0.1) is 5.56 Å². The number of hydrogen-bond donors (Lipinski definition) is 0. The molecule has 2 aromatic rings. The fraction of sp³-hybridized carbons (Fsp3) is 0.368. The van der Waals surface area contributed by atoms with E-state index in [4.69, 9.17) is 4.74 Å². The van der Waals surface area contributed by atoms with Crippen LogP contribution in [0.2, 0.25) is 0 Å². The third-order valence-electron chi connectivity index (χ3n) is 3.70. The first-order valence-corrected chi connectivity index (χ1v) is 7.89. The molecule has 0 saturated carbocycles. The van der Waals surface area contributed by atoms with Crippen LogP contribution < -0.4 is 4.74 Å². The van der Waals surface area contributed by atoms with E-state index in [9.17, 15) is 13.2 Å². The Morgan fingerprint density at radius 1 is 0.913 bits per heavy atom. The number of rotatable bonds is 7. The lowest BCUT2D eigenvalue weighted by Gasteiger charge is -2.20. The largest absolute Gasteiger partial charge is 0.486 e. The van der Waals surface area contributed by atoms with Crippen LogP contribution in [0.1, 0.15) is 49.8 Å². The molecule has 23 heavy (non-hydrogen) atoms. The highest BCUT2D eigenvalue weighted by Gasteiger charge is 2.30. The van der Waals surface area contributed by atoms with Gasteiger partial charge in [0.25, 0.3) is 0 Å². The summed E-state index contributed by atoms with van der Waals surface area (Å²) in [4.78, 5) is 0. The van der Waals surface area contributed by atoms with Gasteiger partial charge in [-0.3, -0.25) is 0 Å². The van der Waals surface area contributed by atoms with Gasteiger partial charge in [0, 0.05) is 0 Å². The Morgan fingerprint density at radius 2 is 1.57 bits per heavy atom. The first kappa shape index (κ1) is 17.4. The van der Waals surface area contributed by atoms with E-state index >= 15 is 0 Å². The number of halogens is 3. The van der Waals surface area contributed by atoms with E-state index in [0.29, 0.717) is 5.75 Å². The van der Waals surface area contributed by atoms with Crippen LogP contribution in [0.25, 0.3) is 0 Å². The van der Waals surface area contributed by atoms with Crippen LogP contribution in [-0.2, 0) is 6.18 Å². The fourth-order valence-electron chi connectivity index (χ4n) is 2.43. The van der Waals surface area contributed by atoms with E-state index in [1.807, 2.05) is 30.3 Å². The van der Waals surface area contributed by atoms with Crippen molar-refractivity contribution in [3.8, 4) is 5.75 Å². The van der Waals surface area contributed by atoms with Crippen molar-refractivity contribution in [3.63, 3.8) is 0 Å². The van der Waals surface area contributed by atoms with E-state index in [2.05, 4.69) is 6.92 Å². The highest BCUT2D eigenvalue weighted by molar-refractivity contribution is 5.30. The second kappa shape index (κ2) is 8.04. The summed E-state index contributed by atoms with van der Waals surface area (Å²) < 4.78 is 43.8. The van der Waals surface area contributed by atoms with Crippen molar-refractivity contribution in [2.45, 2.75) is 44.9 Å². The minimum absolute atomic E-state index is 0.139. The second-order valence-electron chi connectivity index (χ2n) is 5.54. The Balaban J connectivity index is 2.10. The molecule has 2 rings (SSSR count). The molecule has 0 radical (unpaired) electrons. The molecular formula is C19H21F3O. The highest BCUT2D eigenvalue weighted by Crippen LogP contribution is 2.32. The number of benzene rings is 2. The summed E-state index contributed by atoms with van der Waals surface area (Å²) in [5.41, 5.74) is 0.385. The van der Waals surface area contributed by atoms with Crippen LogP contribution in [0.5, 0.6) is 5.75 Å². The van der Waals surface area contributed by atoms with Crippen LogP contribution in [0.3, 0.4) is 0 Å². The van der Waals surface area contributed by atoms with E-state index in [-0.39, 0.29) is 6.10 Å². The molecule has 0 amide bonds. The molecule has 0 bridgehead atoms. The molecule has 2 aromatic carbocycles. The zero-order valence-electron chi connectivity index (χ0n) is 13.1. The molecule has 0 fully saturated rings. The van der Waals surface area contributed by atoms with Crippen molar-refractivity contribution in [1.82, 2.24) is 0 Å². The Hall–Kier alpha value is -1.97. The second-order valence-corrected chi connectivity index (χ2v) is 5.54. The van der Waals surface area contributed by atoms with Crippen molar-refractivity contribution >= 4 is 0 Å². The van der Waals surface area contributed by atoms with Gasteiger partial charge in [-0.25, -0.2) is 0 Å². The van der Waals surface area contributed by atoms with Gasteiger partial charge in [-0.15, -0.1) is 0 Å². The zero-order valence-corrected chi connectivity index (χ0v) is 13.1. The summed E-state index contributed by atoms with van der Waals surface area (Å²) in [6, 6.07) is 14.7. The molecule has 0 N–H and O–H groups in total. The standard InChI is InChI=1S/C19H21F3O/c1-2-3-5-10-18(15-8-6-4-7-9-15)23-17-13-11-16(12-14-17)19(20,21)22/h4,6-9,11-14,18H,2-3,5,10H2,1H3. The van der Waals surface area contributed by atoms with Gasteiger partial charge in [0.1, 0.15) is 11.9 Å². The smallest absolute Gasteiger partial charge is 0.416 e. The van der Waals surface area contributed by atoms with E-state index in [0.717, 1.165) is 43.4 Å². The quantitative estimate of drug-likeness (QED) is 0.535. The predicted octanol–water partition coefficient (Wildman–Crippen LogP) is 6.41. The van der Waals surface area contributed by atoms with Crippen LogP contribution >= 0.6 is 0 Å². The maximum Gasteiger partial charge on any atom is 0.416 e. The lowest BCUT2D eigenvalue weighted by atomic mass is 10.0. The van der Waals surface area contributed by atoms with Crippen molar-refractivity contribution in [3.05, 3.63) is 65.7 Å². The topological polar surface area (TPSA) is 9.23 Å². The monoisotopic (exact) mass is 322 g/mol. The maximum atomic E-state index is 12.6. The van der Waals surface area contributed by atoms with Crippen molar-refractivity contribution < 1.29 is 17.9 Å². The average molecular weight is 322 g/mol. The summed E-state index contributed by atoms with van der Waals surface area (Å²) in [6.07, 6.45) is -0.366. The zero-order chi connectivity index (χ0) is 16.7. The molecular weight excluding hydrogens is 301 g/mol. The summed E-state index contributed by atoms with van der Waals surface area (Å²) in [7, 11) is 0. The molecule has 0 aliphatic heterocycles. The molecule has 0 aliphatic carbocycles. The number of alkyl halides is 3. The molecule has 0 aliphatic rings. The average Bonchev–Trinajstić information content (AvgIpc) is 2.54. The van der Waals surface area contributed by atoms with Gasteiger partial charge < -0.3 is 4.74 Å². The molecule has 1 atom stereocenters. The van der Waals surface area contributed by atoms with Crippen molar-refractivity contribution in [2.24, 2.45) is 0 Å². The lowest BCUT2D eigenvalue weighted by Crippen LogP contribution is -2.09. The summed E-state index contributed by atoms with van der Waals surface area (Å²) >= 11 is 0. The predicted molar refractivity (Wildman–Crippen MR) is 85.4 cm³/mol. The van der Waals surface area contributed by atoms with Crippen molar-refractivity contribution in [2.75, 3.05) is 0 Å². The van der Waals surface area contributed by atoms with Crippen LogP contribution in [0, 0.1) is 0 Å². The minimum atomic E-state index is -4.32. The minimum Gasteiger partial charge on any atom is -0.486 e. The van der Waals surface area contributed by atoms with E-state index < -0.39 is 11.7 Å². The third-order valence-corrected chi connectivity index (χ3v) is 3.70. The SMILES string of the molecule is CCCCCC(Oc1ccc(C(F)(F)F)cc1)c1ccccc1. The lowest BCUT2D eigenvalue weighted by molar-refractivity contribution is -0.137. The Kier molecular flexibility index (Phi) is 6.08. The Morgan fingerprint density at radius 3 is 2.13 bits per heavy atom. The van der Waals surface area contributed by atoms with Gasteiger partial charge >= 0.3 is 6.18 Å². The molecule has 0 aromatic heterocycles. The molecule has 1 nitrogen and oxygen atoms in total. The fourth-order valence-corrected chi connectivity index (χ4v) is 2.43. The van der Waals surface area contributed by atoms with Crippen LogP contribution in [-0.4, -0.2) is 0 Å². The van der Waals surface area contributed by atoms with Crippen LogP contribution in [0.15, 0.2) is 54.6 Å². The molecule has 124 valence electrons. The third kappa shape index (κ3) is 5.31. The first-order valence-electron chi connectivity index (χ1n) is 7.89. The first-order chi connectivity index (χ1) is 11.0. The maximum absolute atomic E-state index is 12.6. The van der Waals surface area contributed by atoms with E-state index in [1.54, 1.807) is 0 Å². The van der Waals surface area contributed by atoms with Gasteiger partial charge in [0.15, 0.2) is 0 Å². The van der Waals surface area contributed by atoms with Gasteiger partial charge in [-0.1, -0.05) is 50.1 Å². The van der Waals surface area contributed by atoms with Gasteiger partial charge in [-0.05, 0) is 42.7 Å². The molecule has 1 unspecified atom stereocenters.